The van der Waals surface area contributed by atoms with Gasteiger partial charge in [-0.25, -0.2) is 4.39 Å². The molecule has 28 heavy (non-hydrogen) atoms. The predicted octanol–water partition coefficient (Wildman–Crippen LogP) is 5.14. The summed E-state index contributed by atoms with van der Waals surface area (Å²) < 4.78 is 24.6. The smallest absolute Gasteiger partial charge is 0.180 e. The number of hydrogen-bond donors (Lipinski definition) is 1. The van der Waals surface area contributed by atoms with Crippen LogP contribution in [0.25, 0.3) is 0 Å². The van der Waals surface area contributed by atoms with Gasteiger partial charge >= 0.3 is 0 Å². The van der Waals surface area contributed by atoms with Crippen molar-refractivity contribution in [1.82, 2.24) is 10.3 Å². The van der Waals surface area contributed by atoms with Crippen LogP contribution < -0.4 is 14.8 Å². The fourth-order valence-corrected chi connectivity index (χ4v) is 2.99. The van der Waals surface area contributed by atoms with Crippen LogP contribution in [0.5, 0.6) is 11.5 Å². The van der Waals surface area contributed by atoms with Crippen LogP contribution in [0, 0.1) is 5.82 Å². The van der Waals surface area contributed by atoms with Crippen LogP contribution in [0.1, 0.15) is 23.7 Å². The summed E-state index contributed by atoms with van der Waals surface area (Å²) in [6.07, 6.45) is 1.77. The lowest BCUT2D eigenvalue weighted by molar-refractivity contribution is 0.269. The van der Waals surface area contributed by atoms with Crippen molar-refractivity contribution >= 4 is 11.6 Å². The van der Waals surface area contributed by atoms with E-state index in [0.717, 1.165) is 16.8 Å². The van der Waals surface area contributed by atoms with Crippen LogP contribution >= 0.6 is 11.6 Å². The summed E-state index contributed by atoms with van der Waals surface area (Å²) in [5.74, 6) is 0.799. The molecule has 2 aromatic carbocycles. The van der Waals surface area contributed by atoms with E-state index in [-0.39, 0.29) is 12.4 Å². The summed E-state index contributed by atoms with van der Waals surface area (Å²) in [7, 11) is 0. The third-order valence-electron chi connectivity index (χ3n) is 4.03. The number of benzene rings is 2. The number of nitrogens with zero attached hydrogens (tertiary/aromatic N) is 1. The maximum Gasteiger partial charge on any atom is 0.180 e. The molecular formula is C22H22ClFN2O2. The SMILES string of the molecule is CCOc1cc(CNCc2ccccn2)cc(Cl)c1OCc1ccc(F)cc1. The summed E-state index contributed by atoms with van der Waals surface area (Å²) in [6.45, 7) is 3.95. The Balaban J connectivity index is 1.67. The van der Waals surface area contributed by atoms with Crippen molar-refractivity contribution in [2.24, 2.45) is 0 Å². The molecule has 3 rings (SSSR count). The van der Waals surface area contributed by atoms with E-state index in [9.17, 15) is 4.39 Å². The van der Waals surface area contributed by atoms with Gasteiger partial charge in [0.1, 0.15) is 12.4 Å². The van der Waals surface area contributed by atoms with Crippen molar-refractivity contribution in [1.29, 1.82) is 0 Å². The van der Waals surface area contributed by atoms with Crippen LogP contribution in [-0.4, -0.2) is 11.6 Å². The molecule has 4 nitrogen and oxygen atoms in total. The van der Waals surface area contributed by atoms with Gasteiger partial charge in [0, 0.05) is 19.3 Å². The molecule has 0 aliphatic rings. The van der Waals surface area contributed by atoms with Crippen molar-refractivity contribution in [2.75, 3.05) is 6.61 Å². The van der Waals surface area contributed by atoms with Crippen LogP contribution in [0.2, 0.25) is 5.02 Å². The van der Waals surface area contributed by atoms with Gasteiger partial charge in [0.05, 0.1) is 17.3 Å². The Kier molecular flexibility index (Phi) is 7.23. The molecule has 0 saturated heterocycles. The molecule has 1 aromatic heterocycles. The average Bonchev–Trinajstić information content (AvgIpc) is 2.70. The van der Waals surface area contributed by atoms with Gasteiger partial charge in [0.2, 0.25) is 0 Å². The first-order valence-electron chi connectivity index (χ1n) is 9.08. The van der Waals surface area contributed by atoms with Crippen LogP contribution in [-0.2, 0) is 19.7 Å². The van der Waals surface area contributed by atoms with Crippen LogP contribution in [0.3, 0.4) is 0 Å². The molecule has 0 fully saturated rings. The monoisotopic (exact) mass is 400 g/mol. The largest absolute Gasteiger partial charge is 0.490 e. The highest BCUT2D eigenvalue weighted by atomic mass is 35.5. The third kappa shape index (κ3) is 5.68. The lowest BCUT2D eigenvalue weighted by atomic mass is 10.2. The molecule has 0 saturated carbocycles. The standard InChI is InChI=1S/C22H22ClFN2O2/c1-2-27-21-12-17(13-25-14-19-5-3-4-10-26-19)11-20(23)22(21)28-15-16-6-8-18(24)9-7-16/h3-12,25H,2,13-15H2,1H3. The fraction of sp³-hybridized carbons (Fsp3) is 0.227. The Morgan fingerprint density at radius 1 is 1.00 bits per heavy atom. The third-order valence-corrected chi connectivity index (χ3v) is 4.31. The molecule has 0 aliphatic heterocycles. The zero-order valence-electron chi connectivity index (χ0n) is 15.6. The highest BCUT2D eigenvalue weighted by molar-refractivity contribution is 6.32. The first kappa shape index (κ1) is 20.1. The molecule has 1 N–H and O–H groups in total. The molecule has 3 aromatic rings. The molecule has 0 aliphatic carbocycles. The Hall–Kier alpha value is -2.63. The Labute approximate surface area is 169 Å². The summed E-state index contributed by atoms with van der Waals surface area (Å²) in [6, 6.07) is 15.8. The van der Waals surface area contributed by atoms with Crippen molar-refractivity contribution in [2.45, 2.75) is 26.6 Å². The number of aromatic nitrogens is 1. The minimum absolute atomic E-state index is 0.275. The second kappa shape index (κ2) is 10.1. The number of ether oxygens (including phenoxy) is 2. The Morgan fingerprint density at radius 2 is 1.82 bits per heavy atom. The minimum atomic E-state index is -0.278. The predicted molar refractivity (Wildman–Crippen MR) is 108 cm³/mol. The van der Waals surface area contributed by atoms with Gasteiger partial charge in [0.15, 0.2) is 11.5 Å². The fourth-order valence-electron chi connectivity index (χ4n) is 2.70. The van der Waals surface area contributed by atoms with Gasteiger partial charge < -0.3 is 14.8 Å². The topological polar surface area (TPSA) is 43.4 Å². The molecule has 6 heteroatoms. The van der Waals surface area contributed by atoms with Gasteiger partial charge in [-0.15, -0.1) is 0 Å². The number of hydrogen-bond acceptors (Lipinski definition) is 4. The van der Waals surface area contributed by atoms with Gasteiger partial charge in [-0.1, -0.05) is 29.8 Å². The van der Waals surface area contributed by atoms with E-state index >= 15 is 0 Å². The van der Waals surface area contributed by atoms with E-state index in [1.165, 1.54) is 12.1 Å². The summed E-state index contributed by atoms with van der Waals surface area (Å²) in [5, 5.41) is 3.82. The number of pyridine rings is 1. The van der Waals surface area contributed by atoms with Gasteiger partial charge in [0.25, 0.3) is 0 Å². The zero-order valence-corrected chi connectivity index (χ0v) is 16.4. The first-order valence-corrected chi connectivity index (χ1v) is 9.46. The molecule has 146 valence electrons. The van der Waals surface area contributed by atoms with Gasteiger partial charge in [-0.2, -0.15) is 0 Å². The average molecular weight is 401 g/mol. The number of rotatable bonds is 9. The van der Waals surface area contributed by atoms with E-state index in [1.807, 2.05) is 37.3 Å². The van der Waals surface area contributed by atoms with E-state index in [1.54, 1.807) is 18.3 Å². The number of nitrogens with one attached hydrogen (secondary N) is 1. The lowest BCUT2D eigenvalue weighted by Crippen LogP contribution is -2.14. The van der Waals surface area contributed by atoms with Crippen LogP contribution in [0.15, 0.2) is 60.8 Å². The normalized spacial score (nSPS) is 10.7. The molecular weight excluding hydrogens is 379 g/mol. The second-order valence-corrected chi connectivity index (χ2v) is 6.58. The van der Waals surface area contributed by atoms with E-state index in [0.29, 0.717) is 36.2 Å². The number of halogens is 2. The van der Waals surface area contributed by atoms with Crippen LogP contribution in [0.4, 0.5) is 4.39 Å². The van der Waals surface area contributed by atoms with E-state index < -0.39 is 0 Å². The molecule has 0 unspecified atom stereocenters. The first-order chi connectivity index (χ1) is 13.7. The highest BCUT2D eigenvalue weighted by Crippen LogP contribution is 2.37. The minimum Gasteiger partial charge on any atom is -0.490 e. The molecule has 0 amide bonds. The Morgan fingerprint density at radius 3 is 2.54 bits per heavy atom. The Bertz CT molecular complexity index is 889. The molecule has 0 spiro atoms. The maximum absolute atomic E-state index is 13.0. The molecule has 0 bridgehead atoms. The van der Waals surface area contributed by atoms with Crippen molar-refractivity contribution in [3.63, 3.8) is 0 Å². The maximum atomic E-state index is 13.0. The lowest BCUT2D eigenvalue weighted by Gasteiger charge is -2.16. The summed E-state index contributed by atoms with van der Waals surface area (Å²) in [5.41, 5.74) is 2.80. The molecule has 0 radical (unpaired) electrons. The van der Waals surface area contributed by atoms with Crippen molar-refractivity contribution in [3.05, 3.63) is 88.5 Å². The molecule has 0 atom stereocenters. The van der Waals surface area contributed by atoms with Gasteiger partial charge in [-0.3, -0.25) is 4.98 Å². The van der Waals surface area contributed by atoms with E-state index in [2.05, 4.69) is 10.3 Å². The van der Waals surface area contributed by atoms with E-state index in [4.69, 9.17) is 21.1 Å². The highest BCUT2D eigenvalue weighted by Gasteiger charge is 2.13. The summed E-state index contributed by atoms with van der Waals surface area (Å²) >= 11 is 6.45. The van der Waals surface area contributed by atoms with Crippen molar-refractivity contribution < 1.29 is 13.9 Å². The van der Waals surface area contributed by atoms with Gasteiger partial charge in [-0.05, 0) is 54.4 Å². The quantitative estimate of drug-likeness (QED) is 0.540. The zero-order chi connectivity index (χ0) is 19.8. The molecule has 1 heterocycles. The summed E-state index contributed by atoms with van der Waals surface area (Å²) in [4.78, 5) is 4.29. The second-order valence-electron chi connectivity index (χ2n) is 6.18. The van der Waals surface area contributed by atoms with Crippen molar-refractivity contribution in [3.8, 4) is 11.5 Å².